The van der Waals surface area contributed by atoms with Crippen LogP contribution < -0.4 is 5.32 Å². The van der Waals surface area contributed by atoms with E-state index in [2.05, 4.69) is 43.2 Å². The fourth-order valence-electron chi connectivity index (χ4n) is 2.99. The van der Waals surface area contributed by atoms with Crippen molar-refractivity contribution in [1.29, 1.82) is 0 Å². The molecule has 3 atom stereocenters. The second-order valence-electron chi connectivity index (χ2n) is 5.89. The van der Waals surface area contributed by atoms with Gasteiger partial charge in [0.25, 0.3) is 0 Å². The molecule has 1 N–H and O–H groups in total. The van der Waals surface area contributed by atoms with Gasteiger partial charge < -0.3 is 10.2 Å². The molecule has 2 rings (SSSR count). The number of likely N-dealkylation sites (tertiary alicyclic amines) is 1. The lowest BCUT2D eigenvalue weighted by Crippen LogP contribution is -2.43. The number of piperidine rings is 1. The maximum Gasteiger partial charge on any atom is 0.0406 e. The Morgan fingerprint density at radius 1 is 1.26 bits per heavy atom. The highest BCUT2D eigenvalue weighted by atomic mass is 35.5. The SMILES string of the molecule is CC(N[C@H](C)c1ccc(Cl)cc1)C1CCCN(C)C1. The largest absolute Gasteiger partial charge is 0.307 e. The van der Waals surface area contributed by atoms with Crippen LogP contribution in [0.5, 0.6) is 0 Å². The normalized spacial score (nSPS) is 24.1. The number of nitrogens with zero attached hydrogens (tertiary/aromatic N) is 1. The molecule has 0 aliphatic carbocycles. The summed E-state index contributed by atoms with van der Waals surface area (Å²) in [5.74, 6) is 0.758. The predicted octanol–water partition coefficient (Wildman–Crippen LogP) is 3.72. The van der Waals surface area contributed by atoms with Crippen molar-refractivity contribution in [3.63, 3.8) is 0 Å². The van der Waals surface area contributed by atoms with Crippen molar-refractivity contribution in [1.82, 2.24) is 10.2 Å². The first-order valence-electron chi connectivity index (χ1n) is 7.26. The van der Waals surface area contributed by atoms with E-state index in [0.29, 0.717) is 12.1 Å². The first-order chi connectivity index (χ1) is 9.06. The molecule has 1 aromatic rings. The topological polar surface area (TPSA) is 15.3 Å². The molecule has 1 fully saturated rings. The molecule has 0 radical (unpaired) electrons. The first-order valence-corrected chi connectivity index (χ1v) is 7.64. The summed E-state index contributed by atoms with van der Waals surface area (Å²) >= 11 is 5.93. The van der Waals surface area contributed by atoms with Gasteiger partial charge in [-0.05, 0) is 63.9 Å². The van der Waals surface area contributed by atoms with Crippen molar-refractivity contribution in [3.05, 3.63) is 34.9 Å². The van der Waals surface area contributed by atoms with Gasteiger partial charge in [0, 0.05) is 23.7 Å². The Labute approximate surface area is 122 Å². The number of hydrogen-bond acceptors (Lipinski definition) is 2. The number of benzene rings is 1. The molecule has 1 saturated heterocycles. The van der Waals surface area contributed by atoms with Gasteiger partial charge in [-0.25, -0.2) is 0 Å². The number of halogens is 1. The van der Waals surface area contributed by atoms with Crippen LogP contribution >= 0.6 is 11.6 Å². The van der Waals surface area contributed by atoms with Crippen LogP contribution in [0, 0.1) is 5.92 Å². The Morgan fingerprint density at radius 2 is 1.95 bits per heavy atom. The van der Waals surface area contributed by atoms with Crippen LogP contribution in [0.25, 0.3) is 0 Å². The fraction of sp³-hybridized carbons (Fsp3) is 0.625. The number of rotatable bonds is 4. The Hall–Kier alpha value is -0.570. The van der Waals surface area contributed by atoms with Gasteiger partial charge in [-0.2, -0.15) is 0 Å². The van der Waals surface area contributed by atoms with Crippen LogP contribution in [-0.4, -0.2) is 31.1 Å². The van der Waals surface area contributed by atoms with Crippen LogP contribution in [0.1, 0.15) is 38.3 Å². The number of nitrogens with one attached hydrogen (secondary N) is 1. The smallest absolute Gasteiger partial charge is 0.0406 e. The third-order valence-corrected chi connectivity index (χ3v) is 4.50. The van der Waals surface area contributed by atoms with E-state index in [4.69, 9.17) is 11.6 Å². The van der Waals surface area contributed by atoms with Crippen molar-refractivity contribution in [2.45, 2.75) is 38.8 Å². The van der Waals surface area contributed by atoms with E-state index in [1.165, 1.54) is 31.5 Å². The van der Waals surface area contributed by atoms with Crippen molar-refractivity contribution in [3.8, 4) is 0 Å². The number of hydrogen-bond donors (Lipinski definition) is 1. The third kappa shape index (κ3) is 4.20. The summed E-state index contributed by atoms with van der Waals surface area (Å²) in [6, 6.07) is 9.08. The van der Waals surface area contributed by atoms with Crippen molar-refractivity contribution in [2.24, 2.45) is 5.92 Å². The molecular formula is C16H25ClN2. The van der Waals surface area contributed by atoms with Gasteiger partial charge in [0.05, 0.1) is 0 Å². The zero-order valence-electron chi connectivity index (χ0n) is 12.2. The van der Waals surface area contributed by atoms with Gasteiger partial charge in [-0.1, -0.05) is 23.7 Å². The molecule has 0 amide bonds. The minimum absolute atomic E-state index is 0.375. The van der Waals surface area contributed by atoms with Gasteiger partial charge in [0.15, 0.2) is 0 Å². The molecule has 1 aliphatic heterocycles. The van der Waals surface area contributed by atoms with E-state index < -0.39 is 0 Å². The van der Waals surface area contributed by atoms with Gasteiger partial charge in [0.1, 0.15) is 0 Å². The predicted molar refractivity (Wildman–Crippen MR) is 82.7 cm³/mol. The van der Waals surface area contributed by atoms with Crippen LogP contribution in [-0.2, 0) is 0 Å². The molecule has 0 spiro atoms. The second-order valence-corrected chi connectivity index (χ2v) is 6.33. The minimum Gasteiger partial charge on any atom is -0.307 e. The highest BCUT2D eigenvalue weighted by molar-refractivity contribution is 6.30. The summed E-state index contributed by atoms with van der Waals surface area (Å²) < 4.78 is 0. The molecule has 1 aliphatic rings. The first kappa shape index (κ1) is 14.8. The lowest BCUT2D eigenvalue weighted by molar-refractivity contribution is 0.174. The average molecular weight is 281 g/mol. The average Bonchev–Trinajstić information content (AvgIpc) is 2.39. The molecule has 106 valence electrons. The van der Waals surface area contributed by atoms with E-state index in [-0.39, 0.29) is 0 Å². The summed E-state index contributed by atoms with van der Waals surface area (Å²) in [6.07, 6.45) is 2.66. The molecule has 0 aromatic heterocycles. The fourth-order valence-corrected chi connectivity index (χ4v) is 3.12. The maximum absolute atomic E-state index is 5.93. The van der Waals surface area contributed by atoms with Crippen molar-refractivity contribution >= 4 is 11.6 Å². The van der Waals surface area contributed by atoms with Crippen LogP contribution in [0.2, 0.25) is 5.02 Å². The summed E-state index contributed by atoms with van der Waals surface area (Å²) in [4.78, 5) is 2.44. The standard InChI is InChI=1S/C16H25ClN2/c1-12(14-6-8-16(17)9-7-14)18-13(2)15-5-4-10-19(3)11-15/h6-9,12-13,15,18H,4-5,10-11H2,1-3H3/t12-,13?,15?/m1/s1. The summed E-state index contributed by atoms with van der Waals surface area (Å²) in [6.45, 7) is 7.00. The quantitative estimate of drug-likeness (QED) is 0.904. The minimum atomic E-state index is 0.375. The molecule has 3 heteroatoms. The molecule has 2 unspecified atom stereocenters. The molecule has 2 nitrogen and oxygen atoms in total. The van der Waals surface area contributed by atoms with Crippen molar-refractivity contribution in [2.75, 3.05) is 20.1 Å². The van der Waals surface area contributed by atoms with Gasteiger partial charge in [0.2, 0.25) is 0 Å². The molecule has 0 saturated carbocycles. The maximum atomic E-state index is 5.93. The molecule has 0 bridgehead atoms. The summed E-state index contributed by atoms with van der Waals surface area (Å²) in [5, 5.41) is 4.54. The highest BCUT2D eigenvalue weighted by Crippen LogP contribution is 2.22. The summed E-state index contributed by atoms with van der Waals surface area (Å²) in [7, 11) is 2.22. The van der Waals surface area contributed by atoms with E-state index in [0.717, 1.165) is 10.9 Å². The molecule has 19 heavy (non-hydrogen) atoms. The Balaban J connectivity index is 1.90. The molecule has 1 aromatic carbocycles. The zero-order chi connectivity index (χ0) is 13.8. The lowest BCUT2D eigenvalue weighted by atomic mass is 9.91. The second kappa shape index (κ2) is 6.74. The Morgan fingerprint density at radius 3 is 2.58 bits per heavy atom. The summed E-state index contributed by atoms with van der Waals surface area (Å²) in [5.41, 5.74) is 1.31. The Kier molecular flexibility index (Phi) is 5.26. The highest BCUT2D eigenvalue weighted by Gasteiger charge is 2.23. The van der Waals surface area contributed by atoms with Crippen molar-refractivity contribution < 1.29 is 0 Å². The van der Waals surface area contributed by atoms with Gasteiger partial charge in [-0.15, -0.1) is 0 Å². The van der Waals surface area contributed by atoms with E-state index in [1.807, 2.05) is 12.1 Å². The van der Waals surface area contributed by atoms with Gasteiger partial charge in [-0.3, -0.25) is 0 Å². The van der Waals surface area contributed by atoms with Crippen LogP contribution in [0.15, 0.2) is 24.3 Å². The van der Waals surface area contributed by atoms with E-state index in [1.54, 1.807) is 0 Å². The zero-order valence-corrected chi connectivity index (χ0v) is 13.0. The lowest BCUT2D eigenvalue weighted by Gasteiger charge is -2.35. The van der Waals surface area contributed by atoms with E-state index >= 15 is 0 Å². The van der Waals surface area contributed by atoms with Gasteiger partial charge >= 0.3 is 0 Å². The third-order valence-electron chi connectivity index (χ3n) is 4.25. The monoisotopic (exact) mass is 280 g/mol. The molecule has 1 heterocycles. The Bertz CT molecular complexity index is 390. The van der Waals surface area contributed by atoms with Crippen LogP contribution in [0.4, 0.5) is 0 Å². The van der Waals surface area contributed by atoms with Crippen LogP contribution in [0.3, 0.4) is 0 Å². The molecular weight excluding hydrogens is 256 g/mol. The van der Waals surface area contributed by atoms with E-state index in [9.17, 15) is 0 Å².